The number of aromatic nitrogens is 2. The maximum atomic E-state index is 10.8. The first-order chi connectivity index (χ1) is 9.56. The van der Waals surface area contributed by atoms with Crippen molar-refractivity contribution in [1.82, 2.24) is 15.5 Å². The number of hydrogen-bond acceptors (Lipinski definition) is 6. The highest BCUT2D eigenvalue weighted by Gasteiger charge is 2.18. The largest absolute Gasteiger partial charge is 0.419 e. The number of benzene rings is 1. The van der Waals surface area contributed by atoms with Crippen LogP contribution in [0, 0.1) is 17.0 Å². The van der Waals surface area contributed by atoms with Crippen LogP contribution >= 0.6 is 0 Å². The third-order valence-electron chi connectivity index (χ3n) is 3.16. The fourth-order valence-corrected chi connectivity index (χ4v) is 1.94. The van der Waals surface area contributed by atoms with Crippen molar-refractivity contribution in [2.24, 2.45) is 0 Å². The summed E-state index contributed by atoms with van der Waals surface area (Å²) < 4.78 is 5.62. The first-order valence-corrected chi connectivity index (χ1v) is 6.32. The van der Waals surface area contributed by atoms with Gasteiger partial charge in [0.15, 0.2) is 0 Å². The Morgan fingerprint density at radius 1 is 1.45 bits per heavy atom. The lowest BCUT2D eigenvalue weighted by molar-refractivity contribution is -0.384. The molecule has 0 aliphatic rings. The highest BCUT2D eigenvalue weighted by molar-refractivity contribution is 5.62. The maximum absolute atomic E-state index is 10.8. The molecule has 1 unspecified atom stereocenters. The minimum atomic E-state index is -0.442. The Morgan fingerprint density at radius 2 is 2.20 bits per heavy atom. The third-order valence-corrected chi connectivity index (χ3v) is 3.16. The summed E-state index contributed by atoms with van der Waals surface area (Å²) in [6.07, 6.45) is 0.812. The first-order valence-electron chi connectivity index (χ1n) is 6.32. The van der Waals surface area contributed by atoms with Gasteiger partial charge in [-0.1, -0.05) is 13.0 Å². The molecule has 0 bridgehead atoms. The number of nitro groups is 1. The van der Waals surface area contributed by atoms with E-state index in [0.29, 0.717) is 17.3 Å². The van der Waals surface area contributed by atoms with Crippen molar-refractivity contribution in [2.45, 2.75) is 26.3 Å². The fourth-order valence-electron chi connectivity index (χ4n) is 1.94. The van der Waals surface area contributed by atoms with Gasteiger partial charge in [0, 0.05) is 17.7 Å². The van der Waals surface area contributed by atoms with Gasteiger partial charge in [0.1, 0.15) is 0 Å². The molecule has 0 spiro atoms. The Morgan fingerprint density at radius 3 is 2.80 bits per heavy atom. The molecule has 1 heterocycles. The fraction of sp³-hybridized carbons (Fsp3) is 0.385. The normalized spacial score (nSPS) is 12.3. The van der Waals surface area contributed by atoms with Crippen LogP contribution in [0.15, 0.2) is 22.6 Å². The minimum absolute atomic E-state index is 0.00556. The topological polar surface area (TPSA) is 94.1 Å². The van der Waals surface area contributed by atoms with Crippen LogP contribution in [0.5, 0.6) is 0 Å². The monoisotopic (exact) mass is 276 g/mol. The average Bonchev–Trinajstić information content (AvgIpc) is 2.90. The SMILES string of the molecule is CCC(NC)c1nnc(-c2cc([N+](=O)[O-])ccc2C)o1. The Labute approximate surface area is 116 Å². The number of rotatable bonds is 5. The summed E-state index contributed by atoms with van der Waals surface area (Å²) in [5, 5.41) is 21.9. The predicted molar refractivity (Wildman–Crippen MR) is 73.2 cm³/mol. The molecule has 2 aromatic rings. The Bertz CT molecular complexity index is 620. The number of nitro benzene ring substituents is 1. The summed E-state index contributed by atoms with van der Waals surface area (Å²) in [4.78, 5) is 10.4. The molecule has 0 radical (unpaired) electrons. The van der Waals surface area contributed by atoms with E-state index < -0.39 is 4.92 Å². The molecule has 2 rings (SSSR count). The van der Waals surface area contributed by atoms with Gasteiger partial charge in [0.05, 0.1) is 11.0 Å². The highest BCUT2D eigenvalue weighted by Crippen LogP contribution is 2.28. The lowest BCUT2D eigenvalue weighted by Gasteiger charge is -2.07. The summed E-state index contributed by atoms with van der Waals surface area (Å²) in [7, 11) is 1.82. The van der Waals surface area contributed by atoms with E-state index in [4.69, 9.17) is 4.42 Å². The molecular formula is C13H16N4O3. The van der Waals surface area contributed by atoms with Crippen molar-refractivity contribution < 1.29 is 9.34 Å². The second-order valence-corrected chi connectivity index (χ2v) is 4.45. The molecule has 0 aliphatic heterocycles. The number of aryl methyl sites for hydroxylation is 1. The molecule has 1 N–H and O–H groups in total. The van der Waals surface area contributed by atoms with Gasteiger partial charge in [-0.15, -0.1) is 10.2 Å². The standard InChI is InChI=1S/C13H16N4O3/c1-4-11(14-3)13-16-15-12(20-13)10-7-9(17(18)19)6-5-8(10)2/h5-7,11,14H,4H2,1-3H3. The van der Waals surface area contributed by atoms with Crippen LogP contribution in [0.3, 0.4) is 0 Å². The quantitative estimate of drug-likeness (QED) is 0.666. The van der Waals surface area contributed by atoms with Crippen LogP contribution in [-0.2, 0) is 0 Å². The van der Waals surface area contributed by atoms with E-state index >= 15 is 0 Å². The number of non-ortho nitro benzene ring substituents is 1. The van der Waals surface area contributed by atoms with Crippen LogP contribution in [0.1, 0.15) is 30.8 Å². The van der Waals surface area contributed by atoms with E-state index in [1.807, 2.05) is 20.9 Å². The van der Waals surface area contributed by atoms with Gasteiger partial charge in [-0.05, 0) is 26.0 Å². The van der Waals surface area contributed by atoms with Gasteiger partial charge in [0.2, 0.25) is 11.8 Å². The van der Waals surface area contributed by atoms with Crippen molar-refractivity contribution in [1.29, 1.82) is 0 Å². The zero-order chi connectivity index (χ0) is 14.7. The molecule has 0 aliphatic carbocycles. The Balaban J connectivity index is 2.41. The summed E-state index contributed by atoms with van der Waals surface area (Å²) >= 11 is 0. The van der Waals surface area contributed by atoms with Gasteiger partial charge >= 0.3 is 0 Å². The molecule has 1 aromatic heterocycles. The molecule has 0 saturated heterocycles. The average molecular weight is 276 g/mol. The van der Waals surface area contributed by atoms with Gasteiger partial charge in [-0.25, -0.2) is 0 Å². The number of hydrogen-bond donors (Lipinski definition) is 1. The van der Waals surface area contributed by atoms with Crippen molar-refractivity contribution in [3.05, 3.63) is 39.8 Å². The molecule has 1 aromatic carbocycles. The third kappa shape index (κ3) is 2.67. The van der Waals surface area contributed by atoms with Crippen molar-refractivity contribution in [3.63, 3.8) is 0 Å². The molecule has 0 amide bonds. The molecule has 0 saturated carbocycles. The summed E-state index contributed by atoms with van der Waals surface area (Å²) in [5.41, 5.74) is 1.44. The molecule has 0 fully saturated rings. The van der Waals surface area contributed by atoms with E-state index in [-0.39, 0.29) is 11.7 Å². The van der Waals surface area contributed by atoms with Crippen LogP contribution in [0.2, 0.25) is 0 Å². The lowest BCUT2D eigenvalue weighted by Crippen LogP contribution is -2.15. The van der Waals surface area contributed by atoms with Crippen molar-refractivity contribution in [3.8, 4) is 11.5 Å². The molecular weight excluding hydrogens is 260 g/mol. The number of nitrogens with one attached hydrogen (secondary N) is 1. The minimum Gasteiger partial charge on any atom is -0.419 e. The van der Waals surface area contributed by atoms with Crippen LogP contribution in [-0.4, -0.2) is 22.2 Å². The molecule has 20 heavy (non-hydrogen) atoms. The second kappa shape index (κ2) is 5.79. The maximum Gasteiger partial charge on any atom is 0.270 e. The van der Waals surface area contributed by atoms with E-state index in [1.54, 1.807) is 6.07 Å². The molecule has 1 atom stereocenters. The number of nitrogens with zero attached hydrogens (tertiary/aromatic N) is 3. The van der Waals surface area contributed by atoms with E-state index in [1.165, 1.54) is 12.1 Å². The summed E-state index contributed by atoms with van der Waals surface area (Å²) in [6.45, 7) is 3.85. The van der Waals surface area contributed by atoms with E-state index in [2.05, 4.69) is 15.5 Å². The summed E-state index contributed by atoms with van der Waals surface area (Å²) in [6, 6.07) is 4.56. The molecule has 7 heteroatoms. The molecule has 106 valence electrons. The van der Waals surface area contributed by atoms with Crippen LogP contribution < -0.4 is 5.32 Å². The van der Waals surface area contributed by atoms with Gasteiger partial charge < -0.3 is 9.73 Å². The van der Waals surface area contributed by atoms with Gasteiger partial charge in [-0.2, -0.15) is 0 Å². The first kappa shape index (κ1) is 14.1. The lowest BCUT2D eigenvalue weighted by atomic mass is 10.1. The van der Waals surface area contributed by atoms with E-state index in [0.717, 1.165) is 12.0 Å². The van der Waals surface area contributed by atoms with Crippen molar-refractivity contribution in [2.75, 3.05) is 7.05 Å². The smallest absolute Gasteiger partial charge is 0.270 e. The zero-order valence-electron chi connectivity index (χ0n) is 11.6. The Kier molecular flexibility index (Phi) is 4.09. The van der Waals surface area contributed by atoms with E-state index in [9.17, 15) is 10.1 Å². The van der Waals surface area contributed by atoms with Crippen LogP contribution in [0.25, 0.3) is 11.5 Å². The zero-order valence-corrected chi connectivity index (χ0v) is 11.6. The predicted octanol–water partition coefficient (Wildman–Crippen LogP) is 2.62. The Hall–Kier alpha value is -2.28. The second-order valence-electron chi connectivity index (χ2n) is 4.45. The van der Waals surface area contributed by atoms with Crippen LogP contribution in [0.4, 0.5) is 5.69 Å². The highest BCUT2D eigenvalue weighted by atomic mass is 16.6. The molecule has 7 nitrogen and oxygen atoms in total. The summed E-state index contributed by atoms with van der Waals surface area (Å²) in [5.74, 6) is 0.783. The van der Waals surface area contributed by atoms with Crippen molar-refractivity contribution >= 4 is 5.69 Å². The van der Waals surface area contributed by atoms with Gasteiger partial charge in [-0.3, -0.25) is 10.1 Å². The van der Waals surface area contributed by atoms with Gasteiger partial charge in [0.25, 0.3) is 5.69 Å².